The summed E-state index contributed by atoms with van der Waals surface area (Å²) >= 11 is 6.19. The summed E-state index contributed by atoms with van der Waals surface area (Å²) in [5.41, 5.74) is 3.48. The summed E-state index contributed by atoms with van der Waals surface area (Å²) in [4.78, 5) is 11.9. The lowest BCUT2D eigenvalue weighted by atomic mass is 10.2. The summed E-state index contributed by atoms with van der Waals surface area (Å²) in [7, 11) is 0. The molecule has 6 nitrogen and oxygen atoms in total. The molecule has 0 unspecified atom stereocenters. The lowest BCUT2D eigenvalue weighted by molar-refractivity contribution is 0.0955. The van der Waals surface area contributed by atoms with Gasteiger partial charge in [-0.25, -0.2) is 5.43 Å². The van der Waals surface area contributed by atoms with Gasteiger partial charge in [0.2, 0.25) is 0 Å². The molecule has 24 heavy (non-hydrogen) atoms. The highest BCUT2D eigenvalue weighted by atomic mass is 35.5. The van der Waals surface area contributed by atoms with Gasteiger partial charge in [0, 0.05) is 12.0 Å². The standard InChI is InChI=1S/C17H15ClN2O4/c18-14-8-11(9-15-16(14)24-7-1-6-23-15)10-19-20-17(22)12-2-4-13(21)5-3-12/h2-5,8-10,21H,1,6-7H2,(H,20,22)/b19-10-. The van der Waals surface area contributed by atoms with E-state index in [0.29, 0.717) is 40.9 Å². The average Bonchev–Trinajstić information content (AvgIpc) is 2.81. The van der Waals surface area contributed by atoms with Crippen LogP contribution in [0.4, 0.5) is 0 Å². The topological polar surface area (TPSA) is 80.2 Å². The van der Waals surface area contributed by atoms with Crippen LogP contribution in [0, 0.1) is 0 Å². The first-order valence-corrected chi connectivity index (χ1v) is 7.73. The Hall–Kier alpha value is -2.73. The van der Waals surface area contributed by atoms with Crippen LogP contribution in [-0.4, -0.2) is 30.4 Å². The Morgan fingerprint density at radius 1 is 1.21 bits per heavy atom. The third-order valence-electron chi connectivity index (χ3n) is 3.33. The summed E-state index contributed by atoms with van der Waals surface area (Å²) in [6.45, 7) is 1.12. The molecule has 124 valence electrons. The third kappa shape index (κ3) is 3.78. The molecule has 2 aromatic carbocycles. The normalized spacial score (nSPS) is 13.5. The van der Waals surface area contributed by atoms with E-state index >= 15 is 0 Å². The van der Waals surface area contributed by atoms with Crippen LogP contribution < -0.4 is 14.9 Å². The van der Waals surface area contributed by atoms with Crippen LogP contribution in [0.3, 0.4) is 0 Å². The number of halogens is 1. The number of aromatic hydroxyl groups is 1. The van der Waals surface area contributed by atoms with Crippen LogP contribution in [0.1, 0.15) is 22.3 Å². The van der Waals surface area contributed by atoms with Crippen LogP contribution in [0.25, 0.3) is 0 Å². The smallest absolute Gasteiger partial charge is 0.271 e. The number of phenols is 1. The van der Waals surface area contributed by atoms with Crippen LogP contribution in [0.15, 0.2) is 41.5 Å². The molecule has 1 aliphatic rings. The summed E-state index contributed by atoms with van der Waals surface area (Å²) in [6, 6.07) is 9.31. The summed E-state index contributed by atoms with van der Waals surface area (Å²) in [5, 5.41) is 13.6. The highest BCUT2D eigenvalue weighted by Crippen LogP contribution is 2.37. The highest BCUT2D eigenvalue weighted by molar-refractivity contribution is 6.32. The first-order chi connectivity index (χ1) is 11.6. The molecule has 3 rings (SSSR count). The predicted octanol–water partition coefficient (Wildman–Crippen LogP) is 2.97. The monoisotopic (exact) mass is 346 g/mol. The van der Waals surface area contributed by atoms with Gasteiger partial charge < -0.3 is 14.6 Å². The zero-order valence-electron chi connectivity index (χ0n) is 12.7. The van der Waals surface area contributed by atoms with E-state index in [4.69, 9.17) is 21.1 Å². The Morgan fingerprint density at radius 2 is 1.96 bits per heavy atom. The van der Waals surface area contributed by atoms with Gasteiger partial charge in [0.1, 0.15) is 5.75 Å². The molecule has 2 N–H and O–H groups in total. The number of ether oxygens (including phenoxy) is 2. The van der Waals surface area contributed by atoms with E-state index < -0.39 is 0 Å². The van der Waals surface area contributed by atoms with Gasteiger partial charge in [-0.15, -0.1) is 0 Å². The van der Waals surface area contributed by atoms with E-state index in [2.05, 4.69) is 10.5 Å². The fourth-order valence-electron chi connectivity index (χ4n) is 2.17. The van der Waals surface area contributed by atoms with Gasteiger partial charge in [-0.05, 0) is 42.0 Å². The number of amides is 1. The van der Waals surface area contributed by atoms with Gasteiger partial charge in [0.05, 0.1) is 24.5 Å². The van der Waals surface area contributed by atoms with E-state index in [1.54, 1.807) is 12.1 Å². The molecule has 2 aromatic rings. The lowest BCUT2D eigenvalue weighted by Crippen LogP contribution is -2.17. The Morgan fingerprint density at radius 3 is 2.75 bits per heavy atom. The number of carbonyl (C=O) groups is 1. The van der Waals surface area contributed by atoms with Crippen LogP contribution >= 0.6 is 11.6 Å². The maximum atomic E-state index is 11.9. The summed E-state index contributed by atoms with van der Waals surface area (Å²) in [5.74, 6) is 0.800. The SMILES string of the molecule is O=C(N/N=C\c1cc(Cl)c2c(c1)OCCCO2)c1ccc(O)cc1. The number of benzene rings is 2. The Kier molecular flexibility index (Phi) is 4.86. The van der Waals surface area contributed by atoms with E-state index in [-0.39, 0.29) is 11.7 Å². The van der Waals surface area contributed by atoms with Gasteiger partial charge >= 0.3 is 0 Å². The quantitative estimate of drug-likeness (QED) is 0.661. The molecule has 0 fully saturated rings. The summed E-state index contributed by atoms with van der Waals surface area (Å²) < 4.78 is 11.1. The zero-order valence-corrected chi connectivity index (χ0v) is 13.4. The molecule has 0 saturated carbocycles. The van der Waals surface area contributed by atoms with E-state index in [9.17, 15) is 9.90 Å². The maximum absolute atomic E-state index is 11.9. The molecule has 0 aliphatic carbocycles. The fraction of sp³-hybridized carbons (Fsp3) is 0.176. The zero-order chi connectivity index (χ0) is 16.9. The van der Waals surface area contributed by atoms with Crippen molar-refractivity contribution >= 4 is 23.7 Å². The number of hydrogen-bond acceptors (Lipinski definition) is 5. The van der Waals surface area contributed by atoms with Gasteiger partial charge in [-0.2, -0.15) is 5.10 Å². The molecule has 0 radical (unpaired) electrons. The number of nitrogens with zero attached hydrogens (tertiary/aromatic N) is 1. The number of nitrogens with one attached hydrogen (secondary N) is 1. The van der Waals surface area contributed by atoms with E-state index in [1.807, 2.05) is 0 Å². The molecule has 0 saturated heterocycles. The lowest BCUT2D eigenvalue weighted by Gasteiger charge is -2.09. The van der Waals surface area contributed by atoms with Gasteiger partial charge in [0.25, 0.3) is 5.91 Å². The van der Waals surface area contributed by atoms with Crippen molar-refractivity contribution in [2.24, 2.45) is 5.10 Å². The maximum Gasteiger partial charge on any atom is 0.271 e. The second-order valence-electron chi connectivity index (χ2n) is 5.13. The van der Waals surface area contributed by atoms with Crippen molar-refractivity contribution in [3.8, 4) is 17.2 Å². The number of hydrazone groups is 1. The van der Waals surface area contributed by atoms with Crippen molar-refractivity contribution < 1.29 is 19.4 Å². The minimum atomic E-state index is -0.383. The van der Waals surface area contributed by atoms with Crippen LogP contribution in [0.2, 0.25) is 5.02 Å². The number of rotatable bonds is 3. The average molecular weight is 347 g/mol. The number of phenolic OH excluding ortho intramolecular Hbond substituents is 1. The molecule has 7 heteroatoms. The predicted molar refractivity (Wildman–Crippen MR) is 90.2 cm³/mol. The summed E-state index contributed by atoms with van der Waals surface area (Å²) in [6.07, 6.45) is 2.26. The number of hydrogen-bond donors (Lipinski definition) is 2. The second-order valence-corrected chi connectivity index (χ2v) is 5.53. The van der Waals surface area contributed by atoms with Crippen molar-refractivity contribution in [1.29, 1.82) is 0 Å². The number of carbonyl (C=O) groups excluding carboxylic acids is 1. The van der Waals surface area contributed by atoms with Crippen LogP contribution in [-0.2, 0) is 0 Å². The Balaban J connectivity index is 1.70. The molecule has 1 aliphatic heterocycles. The van der Waals surface area contributed by atoms with Crippen molar-refractivity contribution in [3.05, 3.63) is 52.5 Å². The van der Waals surface area contributed by atoms with Gasteiger partial charge in [-0.3, -0.25) is 4.79 Å². The largest absolute Gasteiger partial charge is 0.508 e. The molecule has 0 aromatic heterocycles. The highest BCUT2D eigenvalue weighted by Gasteiger charge is 2.15. The minimum Gasteiger partial charge on any atom is -0.508 e. The van der Waals surface area contributed by atoms with Crippen molar-refractivity contribution in [2.45, 2.75) is 6.42 Å². The Labute approximate surface area is 143 Å². The first kappa shape index (κ1) is 16.1. The second kappa shape index (κ2) is 7.23. The van der Waals surface area contributed by atoms with E-state index in [1.165, 1.54) is 30.5 Å². The van der Waals surface area contributed by atoms with Gasteiger partial charge in [-0.1, -0.05) is 11.6 Å². The Bertz CT molecular complexity index is 775. The van der Waals surface area contributed by atoms with Crippen molar-refractivity contribution in [2.75, 3.05) is 13.2 Å². The molecular weight excluding hydrogens is 332 g/mol. The molecular formula is C17H15ClN2O4. The third-order valence-corrected chi connectivity index (χ3v) is 3.61. The van der Waals surface area contributed by atoms with Crippen molar-refractivity contribution in [1.82, 2.24) is 5.43 Å². The van der Waals surface area contributed by atoms with Crippen molar-refractivity contribution in [3.63, 3.8) is 0 Å². The molecule has 0 spiro atoms. The first-order valence-electron chi connectivity index (χ1n) is 7.35. The van der Waals surface area contributed by atoms with Crippen LogP contribution in [0.5, 0.6) is 17.2 Å². The minimum absolute atomic E-state index is 0.0943. The molecule has 1 amide bonds. The number of fused-ring (bicyclic) bond motifs is 1. The molecule has 0 atom stereocenters. The fourth-order valence-corrected chi connectivity index (χ4v) is 2.44. The van der Waals surface area contributed by atoms with E-state index in [0.717, 1.165) is 6.42 Å². The van der Waals surface area contributed by atoms with Gasteiger partial charge in [0.15, 0.2) is 11.5 Å². The molecule has 1 heterocycles. The molecule has 0 bridgehead atoms.